The third-order valence-electron chi connectivity index (χ3n) is 7.12. The van der Waals surface area contributed by atoms with E-state index in [4.69, 9.17) is 4.74 Å². The third kappa shape index (κ3) is 12.1. The molecule has 0 aliphatic rings. The number of unbranched alkanes of at least 4 members (excludes halogenated alkanes) is 1. The second-order valence-corrected chi connectivity index (χ2v) is 12.2. The van der Waals surface area contributed by atoms with Crippen LogP contribution in [0.2, 0.25) is 0 Å². The maximum atomic E-state index is 14.0. The van der Waals surface area contributed by atoms with Gasteiger partial charge in [-0.3, -0.25) is 4.79 Å². The topological polar surface area (TPSA) is 97.3 Å². The van der Waals surface area contributed by atoms with Crippen molar-refractivity contribution in [2.24, 2.45) is 0 Å². The molecule has 10 heteroatoms. The number of hydrogen-bond donors (Lipinski definition) is 3. The van der Waals surface area contributed by atoms with E-state index >= 15 is 0 Å². The molecule has 1 heterocycles. The monoisotopic (exact) mass is 611 g/mol. The highest BCUT2D eigenvalue weighted by Crippen LogP contribution is 2.14. The zero-order valence-electron chi connectivity index (χ0n) is 26.6. The number of rotatable bonds is 16. The van der Waals surface area contributed by atoms with Crippen LogP contribution in [0.5, 0.6) is 0 Å². The number of aryl methyl sites for hydroxylation is 2. The number of halogens is 2. The summed E-state index contributed by atoms with van der Waals surface area (Å²) in [5.74, 6) is -1.77. The number of aromatic nitrogens is 2. The van der Waals surface area contributed by atoms with Crippen molar-refractivity contribution in [3.8, 4) is 0 Å². The molecule has 0 saturated heterocycles. The number of benzene rings is 2. The first-order valence-corrected chi connectivity index (χ1v) is 15.5. The van der Waals surface area contributed by atoms with Gasteiger partial charge in [-0.25, -0.2) is 18.6 Å². The predicted molar refractivity (Wildman–Crippen MR) is 168 cm³/mol. The van der Waals surface area contributed by atoms with Gasteiger partial charge in [-0.1, -0.05) is 44.5 Å². The minimum absolute atomic E-state index is 0.197. The summed E-state index contributed by atoms with van der Waals surface area (Å²) in [7, 11) is 0. The Balaban J connectivity index is 1.77. The molecule has 2 amide bonds. The van der Waals surface area contributed by atoms with Crippen LogP contribution < -0.4 is 16.0 Å². The maximum absolute atomic E-state index is 14.0. The van der Waals surface area contributed by atoms with E-state index in [9.17, 15) is 18.4 Å². The van der Waals surface area contributed by atoms with Crippen LogP contribution in [0.3, 0.4) is 0 Å². The lowest BCUT2D eigenvalue weighted by atomic mass is 10.0. The van der Waals surface area contributed by atoms with Crippen LogP contribution >= 0.6 is 0 Å². The van der Waals surface area contributed by atoms with E-state index < -0.39 is 41.3 Å². The second-order valence-electron chi connectivity index (χ2n) is 12.2. The molecule has 0 fully saturated rings. The Labute approximate surface area is 260 Å². The minimum Gasteiger partial charge on any atom is -0.444 e. The van der Waals surface area contributed by atoms with Crippen LogP contribution in [0.25, 0.3) is 0 Å². The lowest BCUT2D eigenvalue weighted by Crippen LogP contribution is -2.52. The van der Waals surface area contributed by atoms with Gasteiger partial charge in [-0.15, -0.1) is 0 Å². The SMILES string of the molecule is CCCCn1cncc1C[C@H](NC(=O)OC(C)(C)C)C(=O)N[C@H](CCNCc1cccc(CC)c1)Cc1cc(F)cc(F)c1. The van der Waals surface area contributed by atoms with Crippen LogP contribution in [0, 0.1) is 11.6 Å². The summed E-state index contributed by atoms with van der Waals surface area (Å²) >= 11 is 0. The fourth-order valence-electron chi connectivity index (χ4n) is 4.93. The van der Waals surface area contributed by atoms with Gasteiger partial charge in [0.2, 0.25) is 5.91 Å². The fourth-order valence-corrected chi connectivity index (χ4v) is 4.93. The highest BCUT2D eigenvalue weighted by atomic mass is 19.1. The van der Waals surface area contributed by atoms with Crippen molar-refractivity contribution in [2.75, 3.05) is 6.54 Å². The molecule has 0 saturated carbocycles. The van der Waals surface area contributed by atoms with Gasteiger partial charge in [0, 0.05) is 43.5 Å². The van der Waals surface area contributed by atoms with Gasteiger partial charge in [0.25, 0.3) is 0 Å². The normalized spacial score (nSPS) is 12.9. The number of imidazole rings is 1. The molecule has 3 aromatic rings. The molecular formula is C34H47F2N5O3. The van der Waals surface area contributed by atoms with E-state index in [1.165, 1.54) is 17.7 Å². The van der Waals surface area contributed by atoms with Crippen LogP contribution in [0.15, 0.2) is 55.0 Å². The van der Waals surface area contributed by atoms with Gasteiger partial charge in [-0.05, 0) is 81.8 Å². The first kappa shape index (κ1) is 34.7. The Bertz CT molecular complexity index is 1330. The maximum Gasteiger partial charge on any atom is 0.408 e. The number of carbonyl (C=O) groups excluding carboxylic acids is 2. The second kappa shape index (κ2) is 16.9. The highest BCUT2D eigenvalue weighted by Gasteiger charge is 2.27. The molecule has 3 rings (SSSR count). The van der Waals surface area contributed by atoms with Gasteiger partial charge < -0.3 is 25.3 Å². The Morgan fingerprint density at radius 3 is 2.39 bits per heavy atom. The highest BCUT2D eigenvalue weighted by molar-refractivity contribution is 5.86. The van der Waals surface area contributed by atoms with Gasteiger partial charge in [0.1, 0.15) is 23.3 Å². The standard InChI is InChI=1S/C34H47F2N5O3/c1-6-8-14-41-23-38-22-30(41)20-31(40-33(43)44-34(3,4)5)32(42)39-29(18-26-16-27(35)19-28(36)17-26)12-13-37-21-25-11-9-10-24(7-2)15-25/h9-11,15-17,19,22-23,29,31,37H,6-8,12-14,18,20-21H2,1-5H3,(H,39,42)(H,40,43)/t29-,31+/m1/s1. The molecule has 0 bridgehead atoms. The number of ether oxygens (including phenoxy) is 1. The van der Waals surface area contributed by atoms with Gasteiger partial charge in [0.05, 0.1) is 6.33 Å². The molecule has 44 heavy (non-hydrogen) atoms. The van der Waals surface area contributed by atoms with E-state index in [1.807, 2.05) is 10.6 Å². The first-order valence-electron chi connectivity index (χ1n) is 15.5. The molecule has 0 unspecified atom stereocenters. The van der Waals surface area contributed by atoms with Gasteiger partial charge >= 0.3 is 6.09 Å². The Morgan fingerprint density at radius 2 is 1.70 bits per heavy atom. The Morgan fingerprint density at radius 1 is 0.977 bits per heavy atom. The zero-order chi connectivity index (χ0) is 32.1. The number of hydrogen-bond acceptors (Lipinski definition) is 5. The lowest BCUT2D eigenvalue weighted by molar-refractivity contribution is -0.124. The summed E-state index contributed by atoms with van der Waals surface area (Å²) in [6, 6.07) is 10.3. The van der Waals surface area contributed by atoms with Crippen molar-refractivity contribution in [1.29, 1.82) is 0 Å². The van der Waals surface area contributed by atoms with Crippen LogP contribution in [0.1, 0.15) is 76.3 Å². The predicted octanol–water partition coefficient (Wildman–Crippen LogP) is 5.87. The molecule has 1 aromatic heterocycles. The van der Waals surface area contributed by atoms with Crippen molar-refractivity contribution in [1.82, 2.24) is 25.5 Å². The van der Waals surface area contributed by atoms with Crippen molar-refractivity contribution in [3.05, 3.63) is 89.0 Å². The summed E-state index contributed by atoms with van der Waals surface area (Å²) in [5.41, 5.74) is 2.88. The van der Waals surface area contributed by atoms with E-state index in [2.05, 4.69) is 53.0 Å². The molecule has 0 spiro atoms. The number of amides is 2. The molecule has 8 nitrogen and oxygen atoms in total. The van der Waals surface area contributed by atoms with Gasteiger partial charge in [-0.2, -0.15) is 0 Å². The Kier molecular flexibility index (Phi) is 13.3. The summed E-state index contributed by atoms with van der Waals surface area (Å²) < 4.78 is 35.5. The quantitative estimate of drug-likeness (QED) is 0.176. The van der Waals surface area contributed by atoms with Crippen LogP contribution in [-0.4, -0.2) is 45.8 Å². The van der Waals surface area contributed by atoms with Crippen LogP contribution in [-0.2, 0) is 41.9 Å². The van der Waals surface area contributed by atoms with E-state index in [-0.39, 0.29) is 12.8 Å². The average molecular weight is 612 g/mol. The molecule has 2 aromatic carbocycles. The number of nitrogens with one attached hydrogen (secondary N) is 3. The smallest absolute Gasteiger partial charge is 0.408 e. The number of alkyl carbamates (subject to hydrolysis) is 1. The molecular weight excluding hydrogens is 564 g/mol. The van der Waals surface area contributed by atoms with Crippen molar-refractivity contribution in [3.63, 3.8) is 0 Å². The summed E-state index contributed by atoms with van der Waals surface area (Å²) in [5, 5.41) is 9.19. The summed E-state index contributed by atoms with van der Waals surface area (Å²) in [4.78, 5) is 30.8. The van der Waals surface area contributed by atoms with Crippen molar-refractivity contribution >= 4 is 12.0 Å². The molecule has 0 radical (unpaired) electrons. The van der Waals surface area contributed by atoms with Crippen molar-refractivity contribution in [2.45, 2.75) is 104 Å². The molecule has 0 aliphatic carbocycles. The van der Waals surface area contributed by atoms with E-state index in [1.54, 1.807) is 33.3 Å². The lowest BCUT2D eigenvalue weighted by Gasteiger charge is -2.26. The third-order valence-corrected chi connectivity index (χ3v) is 7.12. The zero-order valence-corrected chi connectivity index (χ0v) is 26.6. The molecule has 240 valence electrons. The number of nitrogens with zero attached hydrogens (tertiary/aromatic N) is 2. The first-order chi connectivity index (χ1) is 21.0. The molecule has 2 atom stereocenters. The van der Waals surface area contributed by atoms with Gasteiger partial charge in [0.15, 0.2) is 0 Å². The molecule has 0 aliphatic heterocycles. The van der Waals surface area contributed by atoms with E-state index in [0.717, 1.165) is 43.1 Å². The average Bonchev–Trinajstić information content (AvgIpc) is 3.39. The summed E-state index contributed by atoms with van der Waals surface area (Å²) in [6.45, 7) is 11.4. The Hall–Kier alpha value is -3.79. The van der Waals surface area contributed by atoms with Crippen LogP contribution in [0.4, 0.5) is 13.6 Å². The largest absolute Gasteiger partial charge is 0.444 e. The van der Waals surface area contributed by atoms with Crippen molar-refractivity contribution < 1.29 is 23.1 Å². The molecule has 3 N–H and O–H groups in total. The number of carbonyl (C=O) groups is 2. The fraction of sp³-hybridized carbons (Fsp3) is 0.500. The van der Waals surface area contributed by atoms with E-state index in [0.29, 0.717) is 25.1 Å². The summed E-state index contributed by atoms with van der Waals surface area (Å²) in [6.07, 6.45) is 6.49. The minimum atomic E-state index is -0.960.